The topological polar surface area (TPSA) is 113 Å². The van der Waals surface area contributed by atoms with Gasteiger partial charge in [-0.25, -0.2) is 4.79 Å². The van der Waals surface area contributed by atoms with Crippen LogP contribution < -0.4 is 4.90 Å². The van der Waals surface area contributed by atoms with E-state index < -0.39 is 17.5 Å². The zero-order valence-corrected chi connectivity index (χ0v) is 35.4. The van der Waals surface area contributed by atoms with Gasteiger partial charge in [0.15, 0.2) is 0 Å². The predicted octanol–water partition coefficient (Wildman–Crippen LogP) is 8.97. The third-order valence-corrected chi connectivity index (χ3v) is 15.7. The Labute approximate surface area is 351 Å². The van der Waals surface area contributed by atoms with Crippen LogP contribution in [0.1, 0.15) is 111 Å². The molecule has 5 aliphatic rings. The van der Waals surface area contributed by atoms with Gasteiger partial charge in [0.1, 0.15) is 12.3 Å². The van der Waals surface area contributed by atoms with E-state index in [0.717, 1.165) is 95.0 Å². The molecule has 11 nitrogen and oxygen atoms in total. The van der Waals surface area contributed by atoms with Gasteiger partial charge in [-0.2, -0.15) is 10.1 Å². The summed E-state index contributed by atoms with van der Waals surface area (Å²) < 4.78 is 15.8. The molecule has 11 heteroatoms. The third-order valence-electron chi connectivity index (χ3n) is 15.7. The minimum absolute atomic E-state index is 0.106. The van der Waals surface area contributed by atoms with Crippen molar-refractivity contribution in [1.82, 2.24) is 19.3 Å². The van der Waals surface area contributed by atoms with Crippen molar-refractivity contribution in [1.29, 1.82) is 0 Å². The van der Waals surface area contributed by atoms with Crippen molar-refractivity contribution in [2.75, 3.05) is 39.3 Å². The van der Waals surface area contributed by atoms with Gasteiger partial charge in [-0.05, 0) is 92.7 Å². The summed E-state index contributed by atoms with van der Waals surface area (Å²) in [5.74, 6) is -1.26. The Morgan fingerprint density at radius 1 is 0.800 bits per heavy atom. The number of hydrogen-bond donors (Lipinski definition) is 2. The summed E-state index contributed by atoms with van der Waals surface area (Å²) in [5.41, 5.74) is 8.02. The number of piperidine rings is 2. The van der Waals surface area contributed by atoms with Crippen LogP contribution in [-0.2, 0) is 31.9 Å². The van der Waals surface area contributed by atoms with Crippen LogP contribution in [0, 0.1) is 10.8 Å². The molecular weight excluding hydrogens is 755 g/mol. The largest absolute Gasteiger partial charge is 0.469 e. The number of fused-ring (bicyclic) bond motifs is 11. The van der Waals surface area contributed by atoms with Crippen molar-refractivity contribution in [3.05, 3.63) is 107 Å². The maximum Gasteiger partial charge on any atom is 0.339 e. The summed E-state index contributed by atoms with van der Waals surface area (Å²) in [4.78, 5) is 30.8. The smallest absolute Gasteiger partial charge is 0.339 e. The van der Waals surface area contributed by atoms with E-state index in [1.54, 1.807) is 0 Å². The van der Waals surface area contributed by atoms with Gasteiger partial charge in [-0.3, -0.25) is 4.79 Å². The zero-order chi connectivity index (χ0) is 41.7. The first-order chi connectivity index (χ1) is 29.1. The number of esters is 2. The fourth-order valence-electron chi connectivity index (χ4n) is 12.9. The van der Waals surface area contributed by atoms with E-state index in [2.05, 4.69) is 108 Å². The summed E-state index contributed by atoms with van der Waals surface area (Å²) in [6, 6.07) is 25.3. The lowest BCUT2D eigenvalue weighted by Gasteiger charge is -2.53. The molecule has 0 amide bonds. The summed E-state index contributed by atoms with van der Waals surface area (Å²) in [7, 11) is 5.12. The van der Waals surface area contributed by atoms with Crippen LogP contribution in [0.5, 0.6) is 0 Å². The second kappa shape index (κ2) is 14.6. The SMILES string of the molecule is CC[C@]12C=C(C(=O)OC)c3c(CC4C(c5c6n(c7ccccc57)[C@H]5N(O)CCC[C@@]5(CC)CC6C(=O)OC)Cc5ccccc5N4C)c4ccccc4n3[C@H]1N(O)CCC2. The molecule has 2 N–H and O–H groups in total. The van der Waals surface area contributed by atoms with Gasteiger partial charge >= 0.3 is 11.9 Å². The van der Waals surface area contributed by atoms with Crippen molar-refractivity contribution in [2.24, 2.45) is 10.8 Å². The van der Waals surface area contributed by atoms with Gasteiger partial charge < -0.3 is 33.9 Å². The number of hydroxylamine groups is 4. The molecule has 0 aliphatic carbocycles. The summed E-state index contributed by atoms with van der Waals surface area (Å²) in [6.07, 6.45) is 8.29. The molecule has 60 heavy (non-hydrogen) atoms. The Morgan fingerprint density at radius 3 is 2.18 bits per heavy atom. The second-order valence-corrected chi connectivity index (χ2v) is 18.1. The molecule has 0 saturated carbocycles. The fraction of sp³-hybridized carbons (Fsp3) is 0.469. The van der Waals surface area contributed by atoms with Gasteiger partial charge in [-0.15, -0.1) is 0 Å². The van der Waals surface area contributed by atoms with Crippen LogP contribution in [0.4, 0.5) is 5.69 Å². The average molecular weight is 812 g/mol. The number of aromatic nitrogens is 2. The molecule has 2 fully saturated rings. The summed E-state index contributed by atoms with van der Waals surface area (Å²) in [5, 5.41) is 28.8. The normalized spacial score (nSPS) is 28.9. The highest BCUT2D eigenvalue weighted by atomic mass is 16.5. The van der Waals surface area contributed by atoms with Crippen LogP contribution in [0.25, 0.3) is 27.4 Å². The number of nitrogens with zero attached hydrogens (tertiary/aromatic N) is 5. The number of methoxy groups -OCH3 is 2. The van der Waals surface area contributed by atoms with Crippen molar-refractivity contribution in [3.63, 3.8) is 0 Å². The molecule has 3 aromatic carbocycles. The van der Waals surface area contributed by atoms with E-state index >= 15 is 0 Å². The molecule has 7 atom stereocenters. The zero-order valence-electron chi connectivity index (χ0n) is 35.4. The van der Waals surface area contributed by atoms with Crippen LogP contribution in [-0.4, -0.2) is 82.0 Å². The molecule has 10 rings (SSSR count). The van der Waals surface area contributed by atoms with Crippen molar-refractivity contribution < 1.29 is 29.5 Å². The Hall–Kier alpha value is -4.94. The van der Waals surface area contributed by atoms with Gasteiger partial charge in [-0.1, -0.05) is 74.5 Å². The number of likely N-dealkylation sites (N-methyl/N-ethyl adjacent to an activating group) is 1. The highest BCUT2D eigenvalue weighted by molar-refractivity contribution is 6.18. The molecule has 0 bridgehead atoms. The fourth-order valence-corrected chi connectivity index (χ4v) is 12.9. The second-order valence-electron chi connectivity index (χ2n) is 18.1. The van der Waals surface area contributed by atoms with Gasteiger partial charge in [0.2, 0.25) is 0 Å². The number of benzene rings is 3. The minimum atomic E-state index is -0.524. The molecule has 0 radical (unpaired) electrons. The monoisotopic (exact) mass is 811 g/mol. The van der Waals surface area contributed by atoms with Crippen LogP contribution in [0.15, 0.2) is 78.9 Å². The number of carbonyl (C=O) groups excluding carboxylic acids is 2. The molecule has 3 unspecified atom stereocenters. The molecule has 5 aliphatic heterocycles. The lowest BCUT2D eigenvalue weighted by molar-refractivity contribution is -0.222. The van der Waals surface area contributed by atoms with Crippen molar-refractivity contribution in [2.45, 2.75) is 102 Å². The van der Waals surface area contributed by atoms with Crippen molar-refractivity contribution in [3.8, 4) is 0 Å². The van der Waals surface area contributed by atoms with E-state index in [4.69, 9.17) is 9.47 Å². The molecule has 5 aromatic rings. The average Bonchev–Trinajstić information content (AvgIpc) is 3.79. The molecular formula is C49H57N5O6. The number of rotatable bonds is 7. The lowest BCUT2D eigenvalue weighted by Crippen LogP contribution is -2.52. The predicted molar refractivity (Wildman–Crippen MR) is 231 cm³/mol. The number of para-hydroxylation sites is 3. The Morgan fingerprint density at radius 2 is 1.47 bits per heavy atom. The standard InChI is InChI=1S/C49H57N5O6/c1-6-48-22-14-24-51(57)46(48)53-38-20-12-9-17-31(38)33(42(53)35(28-48)44(55)59-4)27-40-34(26-30-16-8-11-19-37(30)50(40)3)41-32-18-10-13-21-39(32)54-43(41)36(45(56)60-5)29-49(7-2)23-15-25-52(58)47(49)54/h8-13,16-21,28,34,36,40,46-47,57-58H,6-7,14-15,22-27,29H2,1-5H3/t34?,36?,40?,46-,47-,48+,49+/m1/s1. The lowest BCUT2D eigenvalue weighted by atomic mass is 9.65. The molecule has 7 heterocycles. The van der Waals surface area contributed by atoms with Gasteiger partial charge in [0, 0.05) is 65.1 Å². The molecule has 2 aromatic heterocycles. The van der Waals surface area contributed by atoms with E-state index in [1.165, 1.54) is 29.9 Å². The quantitative estimate of drug-likeness (QED) is 0.156. The van der Waals surface area contributed by atoms with Gasteiger partial charge in [0.05, 0.1) is 42.4 Å². The molecule has 2 saturated heterocycles. The number of hydrogen-bond acceptors (Lipinski definition) is 9. The maximum atomic E-state index is 14.3. The first kappa shape index (κ1) is 39.2. The van der Waals surface area contributed by atoms with E-state index in [9.17, 15) is 20.0 Å². The number of ether oxygens (including phenoxy) is 2. The molecule has 0 spiro atoms. The van der Waals surface area contributed by atoms with Crippen LogP contribution in [0.3, 0.4) is 0 Å². The minimum Gasteiger partial charge on any atom is -0.469 e. The van der Waals surface area contributed by atoms with Crippen LogP contribution >= 0.6 is 0 Å². The van der Waals surface area contributed by atoms with Crippen LogP contribution in [0.2, 0.25) is 0 Å². The van der Waals surface area contributed by atoms with Crippen molar-refractivity contribution >= 4 is 45.0 Å². The summed E-state index contributed by atoms with van der Waals surface area (Å²) in [6.45, 7) is 5.44. The van der Waals surface area contributed by atoms with E-state index in [1.807, 2.05) is 6.07 Å². The maximum absolute atomic E-state index is 14.3. The van der Waals surface area contributed by atoms with E-state index in [-0.39, 0.29) is 35.5 Å². The molecule has 314 valence electrons. The Bertz CT molecular complexity index is 2560. The number of anilines is 1. The van der Waals surface area contributed by atoms with E-state index in [0.29, 0.717) is 31.5 Å². The van der Waals surface area contributed by atoms with Gasteiger partial charge in [0.25, 0.3) is 0 Å². The first-order valence-corrected chi connectivity index (χ1v) is 22.0. The highest BCUT2D eigenvalue weighted by Crippen LogP contribution is 2.60. The first-order valence-electron chi connectivity index (χ1n) is 22.0. The number of carbonyl (C=O) groups is 2. The Kier molecular flexibility index (Phi) is 9.55. The third kappa shape index (κ3) is 5.48. The Balaban J connectivity index is 1.24. The highest BCUT2D eigenvalue weighted by Gasteiger charge is 2.55. The summed E-state index contributed by atoms with van der Waals surface area (Å²) >= 11 is 0.